The summed E-state index contributed by atoms with van der Waals surface area (Å²) in [5.74, 6) is 0. The second-order valence-electron chi connectivity index (χ2n) is 7.15. The molecule has 0 atom stereocenters. The fraction of sp³-hybridized carbons (Fsp3) is 0.136. The molecule has 0 fully saturated rings. The van der Waals surface area contributed by atoms with Gasteiger partial charge in [0.15, 0.2) is 5.65 Å². The molecule has 5 rings (SSSR count). The first-order valence-corrected chi connectivity index (χ1v) is 10.3. The van der Waals surface area contributed by atoms with Crippen molar-refractivity contribution < 1.29 is 4.79 Å². The quantitative estimate of drug-likeness (QED) is 0.433. The molecule has 0 unspecified atom stereocenters. The summed E-state index contributed by atoms with van der Waals surface area (Å²) in [5, 5.41) is 12.4. The van der Waals surface area contributed by atoms with E-state index in [2.05, 4.69) is 20.5 Å². The van der Waals surface area contributed by atoms with Gasteiger partial charge >= 0.3 is 6.03 Å². The number of rotatable bonds is 2. The maximum Gasteiger partial charge on any atom is 0.322 e. The molecule has 0 saturated heterocycles. The average molecular weight is 438 g/mol. The van der Waals surface area contributed by atoms with Crippen molar-refractivity contribution in [3.63, 3.8) is 0 Å². The minimum absolute atomic E-state index is 0.125. The van der Waals surface area contributed by atoms with Crippen LogP contribution in [0.5, 0.6) is 0 Å². The average Bonchev–Trinajstić information content (AvgIpc) is 3.18. The number of anilines is 1. The van der Waals surface area contributed by atoms with Gasteiger partial charge in [0.05, 0.1) is 16.1 Å². The van der Waals surface area contributed by atoms with Crippen LogP contribution in [-0.2, 0) is 13.0 Å². The Morgan fingerprint density at radius 2 is 1.97 bits per heavy atom. The van der Waals surface area contributed by atoms with Gasteiger partial charge in [0.1, 0.15) is 0 Å². The van der Waals surface area contributed by atoms with Crippen LogP contribution < -0.4 is 5.32 Å². The Balaban J connectivity index is 1.48. The molecule has 150 valence electrons. The summed E-state index contributed by atoms with van der Waals surface area (Å²) in [4.78, 5) is 19.0. The Bertz CT molecular complexity index is 1260. The Labute approximate surface area is 182 Å². The fourth-order valence-corrected chi connectivity index (χ4v) is 4.33. The van der Waals surface area contributed by atoms with Crippen LogP contribution in [0.1, 0.15) is 11.1 Å². The summed E-state index contributed by atoms with van der Waals surface area (Å²) in [6.07, 6.45) is 2.50. The van der Waals surface area contributed by atoms with E-state index in [0.29, 0.717) is 35.2 Å². The number of hydrogen-bond acceptors (Lipinski definition) is 3. The zero-order valence-corrected chi connectivity index (χ0v) is 17.3. The maximum absolute atomic E-state index is 12.7. The number of urea groups is 1. The minimum atomic E-state index is -0.125. The second-order valence-corrected chi connectivity index (χ2v) is 7.99. The van der Waals surface area contributed by atoms with Crippen molar-refractivity contribution in [3.05, 3.63) is 75.9 Å². The van der Waals surface area contributed by atoms with E-state index in [9.17, 15) is 4.79 Å². The Hall–Kier alpha value is -3.09. The molecule has 0 bridgehead atoms. The van der Waals surface area contributed by atoms with Crippen molar-refractivity contribution in [3.8, 4) is 11.3 Å². The van der Waals surface area contributed by atoms with Crippen molar-refractivity contribution in [2.75, 3.05) is 11.9 Å². The molecule has 4 aromatic rings. The number of aromatic nitrogens is 3. The van der Waals surface area contributed by atoms with Crippen LogP contribution >= 0.6 is 23.2 Å². The molecule has 6 nitrogen and oxygen atoms in total. The predicted molar refractivity (Wildman–Crippen MR) is 119 cm³/mol. The molecule has 2 aromatic heterocycles. The highest BCUT2D eigenvalue weighted by molar-refractivity contribution is 6.36. The Morgan fingerprint density at radius 1 is 1.13 bits per heavy atom. The lowest BCUT2D eigenvalue weighted by Crippen LogP contribution is -2.39. The number of nitrogens with zero attached hydrogens (tertiary/aromatic N) is 3. The monoisotopic (exact) mass is 437 g/mol. The van der Waals surface area contributed by atoms with Crippen LogP contribution in [0.4, 0.5) is 10.5 Å². The summed E-state index contributed by atoms with van der Waals surface area (Å²) >= 11 is 12.5. The highest BCUT2D eigenvalue weighted by Gasteiger charge is 2.25. The highest BCUT2D eigenvalue weighted by atomic mass is 35.5. The van der Waals surface area contributed by atoms with Gasteiger partial charge in [-0.3, -0.25) is 5.10 Å². The molecule has 30 heavy (non-hydrogen) atoms. The summed E-state index contributed by atoms with van der Waals surface area (Å²) in [6, 6.07) is 14.7. The smallest absolute Gasteiger partial charge is 0.320 e. The molecular formula is C22H17Cl2N5O. The van der Waals surface area contributed by atoms with Gasteiger partial charge in [0.25, 0.3) is 0 Å². The van der Waals surface area contributed by atoms with Gasteiger partial charge in [-0.2, -0.15) is 5.10 Å². The molecule has 2 N–H and O–H groups in total. The molecule has 2 aromatic carbocycles. The lowest BCUT2D eigenvalue weighted by molar-refractivity contribution is 0.206. The number of nitrogens with one attached hydrogen (secondary N) is 2. The van der Waals surface area contributed by atoms with E-state index in [1.54, 1.807) is 23.2 Å². The number of aromatic amines is 1. The van der Waals surface area contributed by atoms with Crippen molar-refractivity contribution in [2.24, 2.45) is 0 Å². The summed E-state index contributed by atoms with van der Waals surface area (Å²) in [6.45, 7) is 1.08. The van der Waals surface area contributed by atoms with Crippen LogP contribution in [0.2, 0.25) is 10.0 Å². The number of benzene rings is 2. The standard InChI is InChI=1S/C22H17Cl2N5O/c23-14-6-7-17(18(24)10-14)20-19-16-8-9-29(12-13(16)11-25-21(19)28-27-20)22(30)26-15-4-2-1-3-5-15/h1-7,10-11H,8-9,12H2,(H,26,30)(H,25,27,28). The topological polar surface area (TPSA) is 73.9 Å². The normalized spacial score (nSPS) is 13.3. The number of H-pyrrole nitrogens is 1. The molecule has 0 radical (unpaired) electrons. The van der Waals surface area contributed by atoms with Crippen molar-refractivity contribution in [1.29, 1.82) is 0 Å². The zero-order valence-electron chi connectivity index (χ0n) is 15.8. The van der Waals surface area contributed by atoms with Gasteiger partial charge in [-0.05, 0) is 47.9 Å². The molecule has 1 aliphatic heterocycles. The number of hydrogen-bond donors (Lipinski definition) is 2. The zero-order chi connectivity index (χ0) is 20.7. The number of amides is 2. The Kier molecular flexibility index (Phi) is 4.81. The van der Waals surface area contributed by atoms with Crippen molar-refractivity contribution in [2.45, 2.75) is 13.0 Å². The first-order valence-electron chi connectivity index (χ1n) is 9.51. The van der Waals surface area contributed by atoms with Gasteiger partial charge in [-0.1, -0.05) is 41.4 Å². The van der Waals surface area contributed by atoms with E-state index >= 15 is 0 Å². The highest BCUT2D eigenvalue weighted by Crippen LogP contribution is 2.36. The van der Waals surface area contributed by atoms with E-state index in [1.165, 1.54) is 0 Å². The van der Waals surface area contributed by atoms with Crippen LogP contribution in [0.15, 0.2) is 54.7 Å². The summed E-state index contributed by atoms with van der Waals surface area (Å²) < 4.78 is 0. The first kappa shape index (κ1) is 18.9. The van der Waals surface area contributed by atoms with Gasteiger partial charge in [-0.15, -0.1) is 0 Å². The number of para-hydroxylation sites is 1. The number of carbonyl (C=O) groups is 1. The summed E-state index contributed by atoms with van der Waals surface area (Å²) in [7, 11) is 0. The summed E-state index contributed by atoms with van der Waals surface area (Å²) in [5.41, 5.74) is 5.19. The number of fused-ring (bicyclic) bond motifs is 3. The number of pyridine rings is 1. The third-order valence-electron chi connectivity index (χ3n) is 5.28. The van der Waals surface area contributed by atoms with Crippen LogP contribution in [0.25, 0.3) is 22.3 Å². The van der Waals surface area contributed by atoms with Gasteiger partial charge in [0.2, 0.25) is 0 Å². The first-order chi connectivity index (χ1) is 14.6. The molecule has 0 spiro atoms. The van der Waals surface area contributed by atoms with Gasteiger partial charge in [-0.25, -0.2) is 9.78 Å². The largest absolute Gasteiger partial charge is 0.322 e. The third kappa shape index (κ3) is 3.38. The second kappa shape index (κ2) is 7.63. The van der Waals surface area contributed by atoms with Crippen LogP contribution in [0.3, 0.4) is 0 Å². The lowest BCUT2D eigenvalue weighted by atomic mass is 9.96. The van der Waals surface area contributed by atoms with Crippen LogP contribution in [0, 0.1) is 0 Å². The molecular weight excluding hydrogens is 421 g/mol. The van der Waals surface area contributed by atoms with E-state index in [1.807, 2.05) is 36.4 Å². The molecule has 1 aliphatic rings. The molecule has 3 heterocycles. The van der Waals surface area contributed by atoms with E-state index in [-0.39, 0.29) is 6.03 Å². The number of halogens is 2. The van der Waals surface area contributed by atoms with E-state index in [4.69, 9.17) is 23.2 Å². The molecule has 0 aliphatic carbocycles. The maximum atomic E-state index is 12.7. The lowest BCUT2D eigenvalue weighted by Gasteiger charge is -2.29. The van der Waals surface area contributed by atoms with E-state index < -0.39 is 0 Å². The molecule has 8 heteroatoms. The molecule has 0 saturated carbocycles. The minimum Gasteiger partial charge on any atom is -0.320 e. The third-order valence-corrected chi connectivity index (χ3v) is 5.83. The van der Waals surface area contributed by atoms with Crippen molar-refractivity contribution in [1.82, 2.24) is 20.1 Å². The van der Waals surface area contributed by atoms with Crippen LogP contribution in [-0.4, -0.2) is 32.7 Å². The predicted octanol–water partition coefficient (Wildman–Crippen LogP) is 5.52. The van der Waals surface area contributed by atoms with E-state index in [0.717, 1.165) is 33.5 Å². The molecule has 2 amide bonds. The number of carbonyl (C=O) groups excluding carboxylic acids is 1. The van der Waals surface area contributed by atoms with Gasteiger partial charge in [0, 0.05) is 35.6 Å². The Morgan fingerprint density at radius 3 is 2.77 bits per heavy atom. The van der Waals surface area contributed by atoms with Crippen molar-refractivity contribution >= 4 is 46.0 Å². The fourth-order valence-electron chi connectivity index (χ4n) is 3.83. The van der Waals surface area contributed by atoms with Gasteiger partial charge < -0.3 is 10.2 Å². The SMILES string of the molecule is O=C(Nc1ccccc1)N1CCc2c(cnc3n[nH]c(-c4ccc(Cl)cc4Cl)c23)C1.